The number of carbonyl (C=O) groups excluding carboxylic acids is 2. The molecule has 0 aliphatic heterocycles. The van der Waals surface area contributed by atoms with Gasteiger partial charge in [0.2, 0.25) is 0 Å². The number of nitrogens with two attached hydrogens (primary N) is 1. The van der Waals surface area contributed by atoms with Gasteiger partial charge in [-0.25, -0.2) is 4.98 Å². The Hall–Kier alpha value is -1.91. The Morgan fingerprint density at radius 1 is 1.11 bits per heavy atom. The van der Waals surface area contributed by atoms with Crippen LogP contribution in [0.4, 0.5) is 0 Å². The molecule has 1 aromatic heterocycles. The van der Waals surface area contributed by atoms with Crippen LogP contribution in [0, 0.1) is 0 Å². The van der Waals surface area contributed by atoms with Crippen LogP contribution < -0.4 is 5.73 Å². The number of primary amides is 1. The third-order valence-electron chi connectivity index (χ3n) is 2.57. The van der Waals surface area contributed by atoms with Crippen LogP contribution in [0.2, 0.25) is 0 Å². The van der Waals surface area contributed by atoms with Crippen molar-refractivity contribution in [3.63, 3.8) is 0 Å². The maximum Gasteiger partial charge on any atom is 0.272 e. The fourth-order valence-corrected chi connectivity index (χ4v) is 1.89. The standard InChI is InChI=1S/C13H19N3O2/c1-8(2)16(9(3)4)13(18)11-7-5-6-10(15-11)12(14)17/h5-9H,1-4H3,(H2,14,17). The zero-order valence-corrected chi connectivity index (χ0v) is 11.2. The van der Waals surface area contributed by atoms with Crippen LogP contribution in [0.25, 0.3) is 0 Å². The van der Waals surface area contributed by atoms with E-state index < -0.39 is 5.91 Å². The molecule has 0 aromatic carbocycles. The Morgan fingerprint density at radius 3 is 2.06 bits per heavy atom. The summed E-state index contributed by atoms with van der Waals surface area (Å²) in [6, 6.07) is 4.83. The molecule has 0 bridgehead atoms. The molecule has 0 saturated heterocycles. The minimum Gasteiger partial charge on any atom is -0.364 e. The smallest absolute Gasteiger partial charge is 0.272 e. The Bertz CT molecular complexity index is 447. The van der Waals surface area contributed by atoms with Gasteiger partial charge in [-0.3, -0.25) is 9.59 Å². The molecule has 98 valence electrons. The van der Waals surface area contributed by atoms with Gasteiger partial charge in [0.15, 0.2) is 0 Å². The molecular weight excluding hydrogens is 230 g/mol. The number of pyridine rings is 1. The molecule has 5 nitrogen and oxygen atoms in total. The van der Waals surface area contributed by atoms with E-state index in [4.69, 9.17) is 5.73 Å². The average Bonchev–Trinajstić information content (AvgIpc) is 2.28. The topological polar surface area (TPSA) is 76.3 Å². The van der Waals surface area contributed by atoms with Gasteiger partial charge in [0, 0.05) is 12.1 Å². The van der Waals surface area contributed by atoms with Gasteiger partial charge in [0.25, 0.3) is 11.8 Å². The largest absolute Gasteiger partial charge is 0.364 e. The number of hydrogen-bond acceptors (Lipinski definition) is 3. The van der Waals surface area contributed by atoms with Gasteiger partial charge in [0.1, 0.15) is 11.4 Å². The lowest BCUT2D eigenvalue weighted by atomic mass is 10.2. The number of hydrogen-bond donors (Lipinski definition) is 1. The maximum absolute atomic E-state index is 12.3. The van der Waals surface area contributed by atoms with Crippen LogP contribution in [0.15, 0.2) is 18.2 Å². The highest BCUT2D eigenvalue weighted by molar-refractivity contribution is 5.95. The van der Waals surface area contributed by atoms with Crippen molar-refractivity contribution in [2.75, 3.05) is 0 Å². The second-order valence-electron chi connectivity index (χ2n) is 4.67. The van der Waals surface area contributed by atoms with Gasteiger partial charge in [-0.1, -0.05) is 6.07 Å². The van der Waals surface area contributed by atoms with E-state index >= 15 is 0 Å². The van der Waals surface area contributed by atoms with E-state index in [-0.39, 0.29) is 29.4 Å². The number of carbonyl (C=O) groups is 2. The highest BCUT2D eigenvalue weighted by Gasteiger charge is 2.23. The minimum absolute atomic E-state index is 0.0662. The molecule has 5 heteroatoms. The highest BCUT2D eigenvalue weighted by Crippen LogP contribution is 2.11. The summed E-state index contributed by atoms with van der Waals surface area (Å²) in [6.07, 6.45) is 0. The molecule has 0 saturated carbocycles. The van der Waals surface area contributed by atoms with E-state index in [0.717, 1.165) is 0 Å². The lowest BCUT2D eigenvalue weighted by Gasteiger charge is -2.30. The van der Waals surface area contributed by atoms with Gasteiger partial charge in [-0.05, 0) is 39.8 Å². The molecule has 2 N–H and O–H groups in total. The minimum atomic E-state index is -0.634. The van der Waals surface area contributed by atoms with Crippen molar-refractivity contribution in [3.8, 4) is 0 Å². The van der Waals surface area contributed by atoms with E-state index in [1.807, 2.05) is 27.7 Å². The molecule has 0 atom stereocenters. The first-order valence-electron chi connectivity index (χ1n) is 5.94. The van der Waals surface area contributed by atoms with Crippen LogP contribution in [0.5, 0.6) is 0 Å². The van der Waals surface area contributed by atoms with Gasteiger partial charge in [-0.15, -0.1) is 0 Å². The van der Waals surface area contributed by atoms with Gasteiger partial charge in [-0.2, -0.15) is 0 Å². The summed E-state index contributed by atoms with van der Waals surface area (Å²) in [6.45, 7) is 7.76. The van der Waals surface area contributed by atoms with E-state index in [1.165, 1.54) is 6.07 Å². The first-order valence-corrected chi connectivity index (χ1v) is 5.94. The molecule has 18 heavy (non-hydrogen) atoms. The third-order valence-corrected chi connectivity index (χ3v) is 2.57. The normalized spacial score (nSPS) is 10.8. The van der Waals surface area contributed by atoms with Gasteiger partial charge in [0.05, 0.1) is 0 Å². The fourth-order valence-electron chi connectivity index (χ4n) is 1.89. The van der Waals surface area contributed by atoms with Crippen LogP contribution in [0.3, 0.4) is 0 Å². The monoisotopic (exact) mass is 249 g/mol. The second kappa shape index (κ2) is 5.62. The van der Waals surface area contributed by atoms with Crippen molar-refractivity contribution in [2.24, 2.45) is 5.73 Å². The average molecular weight is 249 g/mol. The molecule has 0 aliphatic carbocycles. The van der Waals surface area contributed by atoms with Crippen molar-refractivity contribution < 1.29 is 9.59 Å². The molecular formula is C13H19N3O2. The summed E-state index contributed by atoms with van der Waals surface area (Å²) in [7, 11) is 0. The zero-order chi connectivity index (χ0) is 13.9. The lowest BCUT2D eigenvalue weighted by Crippen LogP contribution is -2.42. The highest BCUT2D eigenvalue weighted by atomic mass is 16.2. The van der Waals surface area contributed by atoms with E-state index in [2.05, 4.69) is 4.98 Å². The number of rotatable bonds is 4. The second-order valence-corrected chi connectivity index (χ2v) is 4.67. The van der Waals surface area contributed by atoms with Crippen LogP contribution in [0.1, 0.15) is 48.7 Å². The Labute approximate surface area is 107 Å². The Kier molecular flexibility index (Phi) is 4.42. The predicted octanol–water partition coefficient (Wildman–Crippen LogP) is 1.44. The molecule has 0 unspecified atom stereocenters. The first kappa shape index (κ1) is 14.2. The molecule has 2 amide bonds. The van der Waals surface area contributed by atoms with Crippen LogP contribution in [-0.4, -0.2) is 33.8 Å². The summed E-state index contributed by atoms with van der Waals surface area (Å²) in [4.78, 5) is 29.1. The molecule has 1 heterocycles. The molecule has 1 aromatic rings. The van der Waals surface area contributed by atoms with Gasteiger partial charge >= 0.3 is 0 Å². The summed E-state index contributed by atoms with van der Waals surface area (Å²) in [5.41, 5.74) is 5.50. The fraction of sp³-hybridized carbons (Fsp3) is 0.462. The van der Waals surface area contributed by atoms with Crippen molar-refractivity contribution in [1.29, 1.82) is 0 Å². The van der Waals surface area contributed by atoms with Crippen molar-refractivity contribution in [3.05, 3.63) is 29.6 Å². The van der Waals surface area contributed by atoms with E-state index in [1.54, 1.807) is 17.0 Å². The summed E-state index contributed by atoms with van der Waals surface area (Å²) in [5, 5.41) is 0. The zero-order valence-electron chi connectivity index (χ0n) is 11.2. The number of aromatic nitrogens is 1. The quantitative estimate of drug-likeness (QED) is 0.877. The summed E-state index contributed by atoms with van der Waals surface area (Å²) >= 11 is 0. The summed E-state index contributed by atoms with van der Waals surface area (Å²) in [5.74, 6) is -0.826. The van der Waals surface area contributed by atoms with E-state index in [0.29, 0.717) is 0 Å². The molecule has 0 fully saturated rings. The molecule has 0 radical (unpaired) electrons. The Balaban J connectivity index is 3.09. The predicted molar refractivity (Wildman–Crippen MR) is 69.2 cm³/mol. The molecule has 1 rings (SSSR count). The third kappa shape index (κ3) is 3.06. The number of nitrogens with zero attached hydrogens (tertiary/aromatic N) is 2. The van der Waals surface area contributed by atoms with Crippen molar-refractivity contribution >= 4 is 11.8 Å². The molecule has 0 spiro atoms. The Morgan fingerprint density at radius 2 is 1.61 bits per heavy atom. The lowest BCUT2D eigenvalue weighted by molar-refractivity contribution is 0.0637. The van der Waals surface area contributed by atoms with E-state index in [9.17, 15) is 9.59 Å². The van der Waals surface area contributed by atoms with Crippen molar-refractivity contribution in [2.45, 2.75) is 39.8 Å². The SMILES string of the molecule is CC(C)N(C(=O)c1cccc(C(N)=O)n1)C(C)C. The maximum atomic E-state index is 12.3. The molecule has 0 aliphatic rings. The van der Waals surface area contributed by atoms with Crippen LogP contribution >= 0.6 is 0 Å². The van der Waals surface area contributed by atoms with Crippen molar-refractivity contribution in [1.82, 2.24) is 9.88 Å². The number of amides is 2. The first-order chi connectivity index (χ1) is 8.34. The summed E-state index contributed by atoms with van der Waals surface area (Å²) < 4.78 is 0. The van der Waals surface area contributed by atoms with Crippen LogP contribution in [-0.2, 0) is 0 Å². The van der Waals surface area contributed by atoms with Gasteiger partial charge < -0.3 is 10.6 Å².